The number of aromatic nitrogens is 2. The number of fused-ring (bicyclic) bond motifs is 1. The molecule has 2 aromatic rings. The zero-order chi connectivity index (χ0) is 11.0. The first-order valence-electron chi connectivity index (χ1n) is 4.32. The minimum atomic E-state index is -1.08. The second kappa shape index (κ2) is 3.20. The van der Waals surface area contributed by atoms with Gasteiger partial charge < -0.3 is 10.1 Å². The van der Waals surface area contributed by atoms with Gasteiger partial charge in [-0.05, 0) is 19.1 Å². The van der Waals surface area contributed by atoms with Crippen molar-refractivity contribution in [3.8, 4) is 0 Å². The molecule has 0 aliphatic rings. The van der Waals surface area contributed by atoms with Crippen LogP contribution in [0.4, 0.5) is 0 Å². The summed E-state index contributed by atoms with van der Waals surface area (Å²) in [6.07, 6.45) is 1.48. The largest absolute Gasteiger partial charge is 0.478 e. The molecule has 2 heterocycles. The van der Waals surface area contributed by atoms with Crippen LogP contribution in [0.2, 0.25) is 0 Å². The first kappa shape index (κ1) is 9.39. The van der Waals surface area contributed by atoms with Crippen LogP contribution in [-0.4, -0.2) is 21.0 Å². The Morgan fingerprint density at radius 1 is 1.53 bits per heavy atom. The molecule has 0 amide bonds. The second-order valence-electron chi connectivity index (χ2n) is 3.17. The molecule has 0 aliphatic carbocycles. The van der Waals surface area contributed by atoms with Crippen LogP contribution in [0.15, 0.2) is 23.1 Å². The Balaban J connectivity index is 2.90. The van der Waals surface area contributed by atoms with E-state index in [2.05, 4.69) is 9.97 Å². The van der Waals surface area contributed by atoms with Gasteiger partial charge in [0, 0.05) is 6.20 Å². The molecule has 15 heavy (non-hydrogen) atoms. The molecule has 2 aromatic heterocycles. The van der Waals surface area contributed by atoms with Gasteiger partial charge in [-0.15, -0.1) is 0 Å². The van der Waals surface area contributed by atoms with Gasteiger partial charge in [0.2, 0.25) is 0 Å². The highest BCUT2D eigenvalue weighted by Crippen LogP contribution is 2.12. The van der Waals surface area contributed by atoms with Crippen LogP contribution in [0.1, 0.15) is 16.1 Å². The van der Waals surface area contributed by atoms with Crippen molar-refractivity contribution in [1.82, 2.24) is 9.97 Å². The van der Waals surface area contributed by atoms with Crippen LogP contribution in [0.5, 0.6) is 0 Å². The van der Waals surface area contributed by atoms with E-state index in [1.165, 1.54) is 12.3 Å². The molecular formula is C10H8N2O3. The Kier molecular flexibility index (Phi) is 2.00. The maximum Gasteiger partial charge on any atom is 0.337 e. The van der Waals surface area contributed by atoms with Crippen LogP contribution in [0, 0.1) is 6.92 Å². The van der Waals surface area contributed by atoms with E-state index in [1.807, 2.05) is 0 Å². The van der Waals surface area contributed by atoms with E-state index in [9.17, 15) is 9.59 Å². The molecule has 5 heteroatoms. The zero-order valence-corrected chi connectivity index (χ0v) is 7.94. The number of pyridine rings is 2. The Morgan fingerprint density at radius 2 is 2.27 bits per heavy atom. The maximum absolute atomic E-state index is 11.4. The van der Waals surface area contributed by atoms with E-state index >= 15 is 0 Å². The van der Waals surface area contributed by atoms with Crippen molar-refractivity contribution in [2.75, 3.05) is 0 Å². The Bertz CT molecular complexity index is 601. The van der Waals surface area contributed by atoms with E-state index in [4.69, 9.17) is 5.11 Å². The zero-order valence-electron chi connectivity index (χ0n) is 7.94. The predicted octanol–water partition coefficient (Wildman–Crippen LogP) is 0.930. The average molecular weight is 204 g/mol. The summed E-state index contributed by atoms with van der Waals surface area (Å²) in [5.41, 5.74) is 0.628. The lowest BCUT2D eigenvalue weighted by molar-refractivity contribution is 0.0696. The summed E-state index contributed by atoms with van der Waals surface area (Å²) in [5.74, 6) is -1.08. The van der Waals surface area contributed by atoms with Crippen molar-refractivity contribution in [1.29, 1.82) is 0 Å². The van der Waals surface area contributed by atoms with Crippen molar-refractivity contribution in [2.45, 2.75) is 6.92 Å². The van der Waals surface area contributed by atoms with E-state index < -0.39 is 5.97 Å². The summed E-state index contributed by atoms with van der Waals surface area (Å²) in [4.78, 5) is 28.7. The number of hydrogen-bond donors (Lipinski definition) is 2. The number of hydrogen-bond acceptors (Lipinski definition) is 3. The number of aromatic carboxylic acids is 1. The highest BCUT2D eigenvalue weighted by atomic mass is 16.4. The summed E-state index contributed by atoms with van der Waals surface area (Å²) in [7, 11) is 0. The fourth-order valence-corrected chi connectivity index (χ4v) is 1.42. The number of rotatable bonds is 1. The number of carbonyl (C=O) groups is 1. The van der Waals surface area contributed by atoms with E-state index in [0.29, 0.717) is 16.6 Å². The Labute approximate surface area is 84.4 Å². The Hall–Kier alpha value is -2.17. The van der Waals surface area contributed by atoms with Gasteiger partial charge in [-0.3, -0.25) is 9.78 Å². The molecule has 2 rings (SSSR count). The second-order valence-corrected chi connectivity index (χ2v) is 3.17. The average Bonchev–Trinajstić information content (AvgIpc) is 2.16. The molecule has 0 saturated carbocycles. The van der Waals surface area contributed by atoms with E-state index in [0.717, 1.165) is 0 Å². The molecule has 0 saturated heterocycles. The minimum Gasteiger partial charge on any atom is -0.478 e. The van der Waals surface area contributed by atoms with Crippen molar-refractivity contribution >= 4 is 16.9 Å². The number of aryl methyl sites for hydroxylation is 1. The predicted molar refractivity (Wildman–Crippen MR) is 54.1 cm³/mol. The van der Waals surface area contributed by atoms with Crippen molar-refractivity contribution in [2.24, 2.45) is 0 Å². The van der Waals surface area contributed by atoms with Gasteiger partial charge in [0.05, 0.1) is 22.2 Å². The van der Waals surface area contributed by atoms with Crippen LogP contribution in [-0.2, 0) is 0 Å². The molecule has 0 radical (unpaired) electrons. The van der Waals surface area contributed by atoms with Gasteiger partial charge in [0.25, 0.3) is 5.56 Å². The van der Waals surface area contributed by atoms with Gasteiger partial charge in [-0.2, -0.15) is 0 Å². The monoisotopic (exact) mass is 204 g/mol. The van der Waals surface area contributed by atoms with Gasteiger partial charge in [0.1, 0.15) is 0 Å². The van der Waals surface area contributed by atoms with Crippen LogP contribution >= 0.6 is 0 Å². The lowest BCUT2D eigenvalue weighted by Crippen LogP contribution is -2.09. The summed E-state index contributed by atoms with van der Waals surface area (Å²) < 4.78 is 0. The van der Waals surface area contributed by atoms with Gasteiger partial charge in [-0.25, -0.2) is 4.79 Å². The smallest absolute Gasteiger partial charge is 0.337 e. The number of H-pyrrole nitrogens is 1. The third kappa shape index (κ3) is 1.48. The summed E-state index contributed by atoms with van der Waals surface area (Å²) in [5, 5.41) is 9.16. The topological polar surface area (TPSA) is 83.0 Å². The van der Waals surface area contributed by atoms with Crippen molar-refractivity contribution < 1.29 is 9.90 Å². The van der Waals surface area contributed by atoms with E-state index in [1.54, 1.807) is 13.0 Å². The molecule has 2 N–H and O–H groups in total. The molecule has 0 fully saturated rings. The van der Waals surface area contributed by atoms with Gasteiger partial charge >= 0.3 is 5.97 Å². The number of nitrogens with one attached hydrogen (secondary N) is 1. The van der Waals surface area contributed by atoms with Gasteiger partial charge in [0.15, 0.2) is 0 Å². The molecule has 0 spiro atoms. The first-order valence-corrected chi connectivity index (χ1v) is 4.32. The third-order valence-electron chi connectivity index (χ3n) is 2.17. The molecular weight excluding hydrogens is 196 g/mol. The SMILES string of the molecule is Cc1nc2cc[nH]c(=O)c2cc1C(=O)O. The lowest BCUT2D eigenvalue weighted by atomic mass is 10.1. The van der Waals surface area contributed by atoms with Crippen LogP contribution in [0.3, 0.4) is 0 Å². The normalized spacial score (nSPS) is 10.5. The first-order chi connectivity index (χ1) is 7.09. The maximum atomic E-state index is 11.4. The highest BCUT2D eigenvalue weighted by molar-refractivity contribution is 5.93. The fraction of sp³-hybridized carbons (Fsp3) is 0.100. The Morgan fingerprint density at radius 3 is 2.93 bits per heavy atom. The molecule has 0 aromatic carbocycles. The van der Waals surface area contributed by atoms with Crippen molar-refractivity contribution in [3.63, 3.8) is 0 Å². The molecule has 0 atom stereocenters. The quantitative estimate of drug-likeness (QED) is 0.723. The molecule has 76 valence electrons. The number of carboxylic acids is 1. The highest BCUT2D eigenvalue weighted by Gasteiger charge is 2.10. The number of nitrogens with zero attached hydrogens (tertiary/aromatic N) is 1. The van der Waals surface area contributed by atoms with Gasteiger partial charge in [-0.1, -0.05) is 0 Å². The summed E-state index contributed by atoms with van der Waals surface area (Å²) >= 11 is 0. The van der Waals surface area contributed by atoms with E-state index in [-0.39, 0.29) is 11.1 Å². The summed E-state index contributed by atoms with van der Waals surface area (Å²) in [6.45, 7) is 1.60. The molecule has 5 nitrogen and oxygen atoms in total. The fourth-order valence-electron chi connectivity index (χ4n) is 1.42. The molecule has 0 bridgehead atoms. The minimum absolute atomic E-state index is 0.0548. The standard InChI is InChI=1S/C10H8N2O3/c1-5-6(10(14)15)4-7-8(12-5)2-3-11-9(7)13/h2-4H,1H3,(H,11,13)(H,14,15). The van der Waals surface area contributed by atoms with Crippen LogP contribution in [0.25, 0.3) is 10.9 Å². The lowest BCUT2D eigenvalue weighted by Gasteiger charge is -2.01. The third-order valence-corrected chi connectivity index (χ3v) is 2.17. The van der Waals surface area contributed by atoms with Crippen molar-refractivity contribution in [3.05, 3.63) is 39.9 Å². The number of carboxylic acid groups (broad SMARTS) is 1. The summed E-state index contributed by atoms with van der Waals surface area (Å²) in [6, 6.07) is 2.98. The molecule has 0 unspecified atom stereocenters. The van der Waals surface area contributed by atoms with Crippen LogP contribution < -0.4 is 5.56 Å². The molecule has 0 aliphatic heterocycles. The number of aromatic amines is 1.